The van der Waals surface area contributed by atoms with Crippen molar-refractivity contribution in [1.82, 2.24) is 0 Å². The van der Waals surface area contributed by atoms with Crippen molar-refractivity contribution in [2.24, 2.45) is 17.8 Å². The van der Waals surface area contributed by atoms with Gasteiger partial charge in [-0.2, -0.15) is 0 Å². The van der Waals surface area contributed by atoms with E-state index in [9.17, 15) is 9.90 Å². The third-order valence-electron chi connectivity index (χ3n) is 2.39. The number of carbonyl (C=O) groups is 1. The fourth-order valence-electron chi connectivity index (χ4n) is 1.72. The van der Waals surface area contributed by atoms with Gasteiger partial charge in [-0.15, -0.1) is 0 Å². The molecule has 2 nitrogen and oxygen atoms in total. The van der Waals surface area contributed by atoms with Gasteiger partial charge >= 0.3 is 0 Å². The summed E-state index contributed by atoms with van der Waals surface area (Å²) in [6.07, 6.45) is 0.943. The standard InChI is InChI=1S/C10H20O2/c1-7(2)9(8(3)4)5-6-10(11)12/h7-9H,5-6H2,1-4H3,(H,11,12)/p-1. The van der Waals surface area contributed by atoms with Crippen LogP contribution in [0.2, 0.25) is 0 Å². The Morgan fingerprint density at radius 2 is 1.58 bits per heavy atom. The zero-order chi connectivity index (χ0) is 9.72. The molecule has 0 aromatic carbocycles. The highest BCUT2D eigenvalue weighted by Crippen LogP contribution is 2.24. The second-order valence-electron chi connectivity index (χ2n) is 4.06. The largest absolute Gasteiger partial charge is 0.550 e. The predicted octanol–water partition coefficient (Wildman–Crippen LogP) is 1.44. The molecule has 0 bridgehead atoms. The van der Waals surface area contributed by atoms with Crippen LogP contribution in [0.5, 0.6) is 0 Å². The summed E-state index contributed by atoms with van der Waals surface area (Å²) in [6.45, 7) is 8.56. The molecule has 0 unspecified atom stereocenters. The van der Waals surface area contributed by atoms with Gasteiger partial charge in [-0.05, 0) is 30.6 Å². The van der Waals surface area contributed by atoms with Gasteiger partial charge < -0.3 is 9.90 Å². The van der Waals surface area contributed by atoms with E-state index in [0.717, 1.165) is 6.42 Å². The third-order valence-corrected chi connectivity index (χ3v) is 2.39. The summed E-state index contributed by atoms with van der Waals surface area (Å²) in [6, 6.07) is 0. The van der Waals surface area contributed by atoms with E-state index in [1.54, 1.807) is 0 Å². The Kier molecular flexibility index (Phi) is 4.95. The summed E-state index contributed by atoms with van der Waals surface area (Å²) in [5.41, 5.74) is 0. The lowest BCUT2D eigenvalue weighted by atomic mass is 9.82. The van der Waals surface area contributed by atoms with Crippen LogP contribution in [0.25, 0.3) is 0 Å². The molecule has 0 aromatic heterocycles. The molecule has 0 spiro atoms. The van der Waals surface area contributed by atoms with Crippen molar-refractivity contribution >= 4 is 5.97 Å². The highest BCUT2D eigenvalue weighted by molar-refractivity contribution is 5.64. The third kappa shape index (κ3) is 4.37. The number of aliphatic carboxylic acids is 1. The lowest BCUT2D eigenvalue weighted by Crippen LogP contribution is -2.25. The summed E-state index contributed by atoms with van der Waals surface area (Å²) in [4.78, 5) is 10.2. The van der Waals surface area contributed by atoms with Crippen molar-refractivity contribution < 1.29 is 9.90 Å². The molecule has 0 radical (unpaired) electrons. The second kappa shape index (κ2) is 5.18. The maximum absolute atomic E-state index is 10.2. The molecule has 0 saturated carbocycles. The van der Waals surface area contributed by atoms with Gasteiger partial charge in [-0.3, -0.25) is 0 Å². The van der Waals surface area contributed by atoms with Gasteiger partial charge in [0.1, 0.15) is 0 Å². The summed E-state index contributed by atoms with van der Waals surface area (Å²) in [5.74, 6) is 0.692. The van der Waals surface area contributed by atoms with Gasteiger partial charge in [0.25, 0.3) is 0 Å². The molecule has 0 aliphatic heterocycles. The minimum absolute atomic E-state index is 0.195. The van der Waals surface area contributed by atoms with Crippen LogP contribution in [0.3, 0.4) is 0 Å². The van der Waals surface area contributed by atoms with E-state index in [2.05, 4.69) is 27.7 Å². The van der Waals surface area contributed by atoms with Crippen LogP contribution in [-0.4, -0.2) is 5.97 Å². The summed E-state index contributed by atoms with van der Waals surface area (Å²) in [7, 11) is 0. The number of carboxylic acid groups (broad SMARTS) is 1. The Bertz CT molecular complexity index is 131. The molecule has 0 aliphatic rings. The molecule has 12 heavy (non-hydrogen) atoms. The minimum atomic E-state index is -0.929. The zero-order valence-electron chi connectivity index (χ0n) is 8.46. The zero-order valence-corrected chi connectivity index (χ0v) is 8.46. The Hall–Kier alpha value is -0.530. The summed E-state index contributed by atoms with van der Waals surface area (Å²) in [5, 5.41) is 10.2. The van der Waals surface area contributed by atoms with Gasteiger partial charge in [-0.1, -0.05) is 27.7 Å². The van der Waals surface area contributed by atoms with Gasteiger partial charge in [0, 0.05) is 5.97 Å². The number of hydrogen-bond donors (Lipinski definition) is 0. The smallest absolute Gasteiger partial charge is 0.0414 e. The number of carboxylic acids is 1. The lowest BCUT2D eigenvalue weighted by molar-refractivity contribution is -0.306. The fraction of sp³-hybridized carbons (Fsp3) is 0.900. The number of hydrogen-bond acceptors (Lipinski definition) is 2. The minimum Gasteiger partial charge on any atom is -0.550 e. The molecule has 2 heteroatoms. The number of carbonyl (C=O) groups excluding carboxylic acids is 1. The van der Waals surface area contributed by atoms with E-state index in [1.165, 1.54) is 0 Å². The second-order valence-corrected chi connectivity index (χ2v) is 4.06. The van der Waals surface area contributed by atoms with E-state index >= 15 is 0 Å². The van der Waals surface area contributed by atoms with Crippen molar-refractivity contribution in [3.05, 3.63) is 0 Å². The maximum Gasteiger partial charge on any atom is 0.0414 e. The van der Waals surface area contributed by atoms with Gasteiger partial charge in [0.15, 0.2) is 0 Å². The summed E-state index contributed by atoms with van der Waals surface area (Å²) < 4.78 is 0. The molecule has 0 atom stereocenters. The average molecular weight is 171 g/mol. The van der Waals surface area contributed by atoms with E-state index in [0.29, 0.717) is 17.8 Å². The molecular weight excluding hydrogens is 152 g/mol. The molecule has 72 valence electrons. The van der Waals surface area contributed by atoms with Crippen LogP contribution in [-0.2, 0) is 4.79 Å². The van der Waals surface area contributed by atoms with E-state index in [4.69, 9.17) is 0 Å². The van der Waals surface area contributed by atoms with Crippen LogP contribution >= 0.6 is 0 Å². The van der Waals surface area contributed by atoms with Crippen LogP contribution < -0.4 is 5.11 Å². The first-order valence-electron chi connectivity index (χ1n) is 4.65. The Balaban J connectivity index is 3.88. The molecule has 0 N–H and O–H groups in total. The topological polar surface area (TPSA) is 40.1 Å². The first kappa shape index (κ1) is 11.5. The predicted molar refractivity (Wildman–Crippen MR) is 47.4 cm³/mol. The number of rotatable bonds is 5. The Morgan fingerprint density at radius 1 is 1.17 bits per heavy atom. The normalized spacial score (nSPS) is 11.6. The van der Waals surface area contributed by atoms with Crippen molar-refractivity contribution in [2.75, 3.05) is 0 Å². The van der Waals surface area contributed by atoms with Crippen LogP contribution in [0.15, 0.2) is 0 Å². The molecule has 0 amide bonds. The quantitative estimate of drug-likeness (QED) is 0.628. The van der Waals surface area contributed by atoms with E-state index < -0.39 is 5.97 Å². The molecule has 0 fully saturated rings. The Morgan fingerprint density at radius 3 is 1.83 bits per heavy atom. The molecular formula is C10H19O2-. The first-order valence-corrected chi connectivity index (χ1v) is 4.65. The van der Waals surface area contributed by atoms with Crippen molar-refractivity contribution in [3.63, 3.8) is 0 Å². The van der Waals surface area contributed by atoms with Gasteiger partial charge in [0.2, 0.25) is 0 Å². The van der Waals surface area contributed by atoms with Crippen molar-refractivity contribution in [3.8, 4) is 0 Å². The molecule has 0 saturated heterocycles. The highest BCUT2D eigenvalue weighted by atomic mass is 16.4. The highest BCUT2D eigenvalue weighted by Gasteiger charge is 2.16. The van der Waals surface area contributed by atoms with Crippen molar-refractivity contribution in [2.45, 2.75) is 40.5 Å². The first-order chi connectivity index (χ1) is 5.45. The molecule has 0 aliphatic carbocycles. The maximum atomic E-state index is 10.2. The van der Waals surface area contributed by atoms with Crippen LogP contribution in [0.4, 0.5) is 0 Å². The van der Waals surface area contributed by atoms with Gasteiger partial charge in [-0.25, -0.2) is 0 Å². The van der Waals surface area contributed by atoms with Crippen LogP contribution in [0, 0.1) is 17.8 Å². The molecule has 0 aromatic rings. The summed E-state index contributed by atoms with van der Waals surface area (Å²) >= 11 is 0. The van der Waals surface area contributed by atoms with Gasteiger partial charge in [0.05, 0.1) is 0 Å². The monoisotopic (exact) mass is 171 g/mol. The Labute approximate surface area is 75.0 Å². The molecule has 0 heterocycles. The van der Waals surface area contributed by atoms with E-state index in [1.807, 2.05) is 0 Å². The van der Waals surface area contributed by atoms with Crippen molar-refractivity contribution in [1.29, 1.82) is 0 Å². The lowest BCUT2D eigenvalue weighted by Gasteiger charge is -2.24. The SMILES string of the molecule is CC(C)C(CCC(=O)[O-])C(C)C. The van der Waals surface area contributed by atoms with Crippen LogP contribution in [0.1, 0.15) is 40.5 Å². The molecule has 0 rings (SSSR count). The average Bonchev–Trinajstić information content (AvgIpc) is 1.84. The van der Waals surface area contributed by atoms with E-state index in [-0.39, 0.29) is 6.42 Å². The fourth-order valence-corrected chi connectivity index (χ4v) is 1.72.